The molecule has 0 saturated carbocycles. The van der Waals surface area contributed by atoms with Gasteiger partial charge in [0.25, 0.3) is 0 Å². The van der Waals surface area contributed by atoms with E-state index < -0.39 is 0 Å². The second-order valence-electron chi connectivity index (χ2n) is 5.15. The van der Waals surface area contributed by atoms with Gasteiger partial charge in [-0.1, -0.05) is 6.92 Å². The Balaban J connectivity index is 3.92. The number of nitrogens with zero attached hydrogens (tertiary/aromatic N) is 2. The predicted molar refractivity (Wildman–Crippen MR) is 69.3 cm³/mol. The number of nitriles is 1. The van der Waals surface area contributed by atoms with Crippen molar-refractivity contribution >= 4 is 0 Å². The van der Waals surface area contributed by atoms with Crippen molar-refractivity contribution in [2.24, 2.45) is 0 Å². The molecule has 3 heteroatoms. The first-order chi connectivity index (χ1) is 7.43. The van der Waals surface area contributed by atoms with Crippen molar-refractivity contribution < 1.29 is 0 Å². The summed E-state index contributed by atoms with van der Waals surface area (Å²) in [5.74, 6) is 0. The molecule has 0 spiro atoms. The van der Waals surface area contributed by atoms with E-state index in [-0.39, 0.29) is 5.54 Å². The Kier molecular flexibility index (Phi) is 7.36. The van der Waals surface area contributed by atoms with Crippen LogP contribution in [0, 0.1) is 11.3 Å². The number of hydrogen-bond acceptors (Lipinski definition) is 3. The molecule has 0 aliphatic carbocycles. The third-order valence-corrected chi connectivity index (χ3v) is 2.68. The highest BCUT2D eigenvalue weighted by molar-refractivity contribution is 5.04. The van der Waals surface area contributed by atoms with Crippen LogP contribution in [0.5, 0.6) is 0 Å². The van der Waals surface area contributed by atoms with Gasteiger partial charge in [0.05, 0.1) is 6.07 Å². The summed E-state index contributed by atoms with van der Waals surface area (Å²) in [4.78, 5) is 2.33. The average Bonchev–Trinajstić information content (AvgIpc) is 2.17. The molecule has 1 N–H and O–H groups in total. The fraction of sp³-hybridized carbons (Fsp3) is 0.923. The standard InChI is InChI=1S/C13H27N3/c1-6-9-16(5)10-7-8-13(4,11-14)15-12(2)3/h12,15H,6-10H2,1-5H3. The molecule has 0 saturated heterocycles. The van der Waals surface area contributed by atoms with E-state index in [1.54, 1.807) is 0 Å². The lowest BCUT2D eigenvalue weighted by Gasteiger charge is -2.26. The second kappa shape index (κ2) is 7.65. The maximum atomic E-state index is 9.18. The van der Waals surface area contributed by atoms with E-state index in [1.807, 2.05) is 6.92 Å². The van der Waals surface area contributed by atoms with Crippen molar-refractivity contribution in [3.63, 3.8) is 0 Å². The third-order valence-electron chi connectivity index (χ3n) is 2.68. The summed E-state index contributed by atoms with van der Waals surface area (Å²) in [5.41, 5.74) is -0.374. The number of rotatable bonds is 8. The van der Waals surface area contributed by atoms with Crippen molar-refractivity contribution in [3.05, 3.63) is 0 Å². The lowest BCUT2D eigenvalue weighted by Crippen LogP contribution is -2.45. The maximum Gasteiger partial charge on any atom is 0.104 e. The molecule has 0 radical (unpaired) electrons. The Labute approximate surface area is 101 Å². The maximum absolute atomic E-state index is 9.18. The largest absolute Gasteiger partial charge is 0.306 e. The van der Waals surface area contributed by atoms with Gasteiger partial charge in [-0.05, 0) is 60.2 Å². The molecular formula is C13H27N3. The van der Waals surface area contributed by atoms with Crippen LogP contribution in [-0.2, 0) is 0 Å². The lowest BCUT2D eigenvalue weighted by molar-refractivity contribution is 0.299. The fourth-order valence-corrected chi connectivity index (χ4v) is 1.99. The summed E-state index contributed by atoms with van der Waals surface area (Å²) in [5, 5.41) is 12.5. The van der Waals surface area contributed by atoms with E-state index in [4.69, 9.17) is 0 Å². The van der Waals surface area contributed by atoms with Gasteiger partial charge in [0.2, 0.25) is 0 Å². The van der Waals surface area contributed by atoms with Crippen LogP contribution >= 0.6 is 0 Å². The SMILES string of the molecule is CCCN(C)CCCC(C)(C#N)NC(C)C. The van der Waals surface area contributed by atoms with Crippen molar-refractivity contribution in [2.75, 3.05) is 20.1 Å². The molecule has 94 valence electrons. The molecule has 0 aliphatic rings. The molecule has 0 aromatic carbocycles. The van der Waals surface area contributed by atoms with Gasteiger partial charge < -0.3 is 4.90 Å². The van der Waals surface area contributed by atoms with Crippen LogP contribution in [0.2, 0.25) is 0 Å². The fourth-order valence-electron chi connectivity index (χ4n) is 1.99. The molecule has 3 nitrogen and oxygen atoms in total. The van der Waals surface area contributed by atoms with E-state index in [0.29, 0.717) is 6.04 Å². The van der Waals surface area contributed by atoms with Crippen LogP contribution in [0.4, 0.5) is 0 Å². The molecule has 0 aromatic rings. The molecule has 0 fully saturated rings. The summed E-state index contributed by atoms with van der Waals surface area (Å²) >= 11 is 0. The van der Waals surface area contributed by atoms with Crippen LogP contribution in [0.25, 0.3) is 0 Å². The first-order valence-corrected chi connectivity index (χ1v) is 6.31. The summed E-state index contributed by atoms with van der Waals surface area (Å²) in [6.45, 7) is 10.6. The molecule has 16 heavy (non-hydrogen) atoms. The summed E-state index contributed by atoms with van der Waals surface area (Å²) in [6, 6.07) is 2.75. The smallest absolute Gasteiger partial charge is 0.104 e. The number of hydrogen-bond donors (Lipinski definition) is 1. The summed E-state index contributed by atoms with van der Waals surface area (Å²) < 4.78 is 0. The van der Waals surface area contributed by atoms with Gasteiger partial charge >= 0.3 is 0 Å². The first-order valence-electron chi connectivity index (χ1n) is 6.31. The van der Waals surface area contributed by atoms with Gasteiger partial charge in [0, 0.05) is 6.04 Å². The highest BCUT2D eigenvalue weighted by Gasteiger charge is 2.23. The molecule has 0 aliphatic heterocycles. The van der Waals surface area contributed by atoms with E-state index in [1.165, 1.54) is 6.42 Å². The highest BCUT2D eigenvalue weighted by atomic mass is 15.1. The van der Waals surface area contributed by atoms with Crippen LogP contribution < -0.4 is 5.32 Å². The Hall–Kier alpha value is -0.590. The minimum absolute atomic E-state index is 0.359. The first kappa shape index (κ1) is 15.4. The van der Waals surface area contributed by atoms with Gasteiger partial charge in [0.1, 0.15) is 5.54 Å². The van der Waals surface area contributed by atoms with Gasteiger partial charge in [-0.25, -0.2) is 0 Å². The van der Waals surface area contributed by atoms with Crippen LogP contribution in [-0.4, -0.2) is 36.6 Å². The molecule has 0 amide bonds. The Morgan fingerprint density at radius 1 is 1.38 bits per heavy atom. The van der Waals surface area contributed by atoms with Crippen molar-refractivity contribution in [1.29, 1.82) is 5.26 Å². The summed E-state index contributed by atoms with van der Waals surface area (Å²) in [6.07, 6.45) is 3.17. The number of nitrogens with one attached hydrogen (secondary N) is 1. The minimum Gasteiger partial charge on any atom is -0.306 e. The van der Waals surface area contributed by atoms with Crippen LogP contribution in [0.3, 0.4) is 0 Å². The quantitative estimate of drug-likeness (QED) is 0.689. The van der Waals surface area contributed by atoms with Crippen molar-refractivity contribution in [3.8, 4) is 6.07 Å². The van der Waals surface area contributed by atoms with Crippen molar-refractivity contribution in [1.82, 2.24) is 10.2 Å². The van der Waals surface area contributed by atoms with E-state index in [2.05, 4.69) is 44.1 Å². The summed E-state index contributed by atoms with van der Waals surface area (Å²) in [7, 11) is 2.14. The van der Waals surface area contributed by atoms with Gasteiger partial charge in [-0.15, -0.1) is 0 Å². The van der Waals surface area contributed by atoms with Gasteiger partial charge in [-0.3, -0.25) is 5.32 Å². The lowest BCUT2D eigenvalue weighted by atomic mass is 9.96. The van der Waals surface area contributed by atoms with Crippen LogP contribution in [0.1, 0.15) is 47.0 Å². The molecule has 0 bridgehead atoms. The van der Waals surface area contributed by atoms with Crippen molar-refractivity contribution in [2.45, 2.75) is 58.5 Å². The Bertz CT molecular complexity index is 220. The zero-order chi connectivity index (χ0) is 12.6. The third kappa shape index (κ3) is 6.81. The van der Waals surface area contributed by atoms with E-state index in [9.17, 15) is 5.26 Å². The Morgan fingerprint density at radius 2 is 2.00 bits per heavy atom. The molecule has 0 heterocycles. The van der Waals surface area contributed by atoms with E-state index in [0.717, 1.165) is 25.9 Å². The predicted octanol–water partition coefficient (Wildman–Crippen LogP) is 2.39. The topological polar surface area (TPSA) is 39.1 Å². The van der Waals surface area contributed by atoms with E-state index >= 15 is 0 Å². The Morgan fingerprint density at radius 3 is 2.44 bits per heavy atom. The normalized spacial score (nSPS) is 15.1. The monoisotopic (exact) mass is 225 g/mol. The van der Waals surface area contributed by atoms with Crippen LogP contribution in [0.15, 0.2) is 0 Å². The average molecular weight is 225 g/mol. The molecular weight excluding hydrogens is 198 g/mol. The van der Waals surface area contributed by atoms with Gasteiger partial charge in [-0.2, -0.15) is 5.26 Å². The molecule has 0 aromatic heterocycles. The molecule has 1 unspecified atom stereocenters. The zero-order valence-corrected chi connectivity index (χ0v) is 11.5. The molecule has 1 atom stereocenters. The zero-order valence-electron chi connectivity index (χ0n) is 11.5. The minimum atomic E-state index is -0.374. The molecule has 0 rings (SSSR count). The second-order valence-corrected chi connectivity index (χ2v) is 5.15. The highest BCUT2D eigenvalue weighted by Crippen LogP contribution is 2.12. The van der Waals surface area contributed by atoms with Gasteiger partial charge in [0.15, 0.2) is 0 Å².